The summed E-state index contributed by atoms with van der Waals surface area (Å²) in [5.41, 5.74) is 0. The van der Waals surface area contributed by atoms with Gasteiger partial charge in [0.15, 0.2) is 0 Å². The molecular weight excluding hydrogens is 368 g/mol. The number of aliphatic hydroxyl groups is 2. The van der Waals surface area contributed by atoms with Gasteiger partial charge < -0.3 is 41.0 Å². The number of unbranched alkanes of at least 4 members (excludes halogenated alkanes) is 5. The van der Waals surface area contributed by atoms with Gasteiger partial charge in [-0.25, -0.2) is 9.59 Å². The Balaban J connectivity index is 3.22. The predicted molar refractivity (Wildman–Crippen MR) is 106 cm³/mol. The summed E-state index contributed by atoms with van der Waals surface area (Å²) in [6, 6.07) is -0.395. The molecule has 0 heterocycles. The van der Waals surface area contributed by atoms with E-state index in [0.717, 1.165) is 38.5 Å². The van der Waals surface area contributed by atoms with E-state index in [4.69, 9.17) is 19.7 Å². The van der Waals surface area contributed by atoms with Gasteiger partial charge in [-0.1, -0.05) is 25.7 Å². The predicted octanol–water partition coefficient (Wildman–Crippen LogP) is -0.0568. The van der Waals surface area contributed by atoms with Crippen molar-refractivity contribution in [1.82, 2.24) is 21.3 Å². The summed E-state index contributed by atoms with van der Waals surface area (Å²) in [6.07, 6.45) is 6.20. The van der Waals surface area contributed by atoms with Gasteiger partial charge in [-0.2, -0.15) is 0 Å². The molecular formula is C18H38N4O6. The lowest BCUT2D eigenvalue weighted by atomic mass is 10.1. The van der Waals surface area contributed by atoms with Gasteiger partial charge in [-0.05, 0) is 12.8 Å². The number of ether oxygens (including phenoxy) is 2. The molecule has 0 aromatic heterocycles. The smallest absolute Gasteiger partial charge is 0.314 e. The van der Waals surface area contributed by atoms with E-state index in [1.807, 2.05) is 0 Å². The molecule has 6 N–H and O–H groups in total. The van der Waals surface area contributed by atoms with Gasteiger partial charge in [0, 0.05) is 26.2 Å². The van der Waals surface area contributed by atoms with Gasteiger partial charge in [-0.15, -0.1) is 0 Å². The van der Waals surface area contributed by atoms with Crippen LogP contribution in [0.25, 0.3) is 0 Å². The van der Waals surface area contributed by atoms with Crippen LogP contribution in [0.2, 0.25) is 0 Å². The molecule has 0 bridgehead atoms. The second-order valence-corrected chi connectivity index (χ2v) is 6.16. The summed E-state index contributed by atoms with van der Waals surface area (Å²) in [5.74, 6) is 0. The zero-order valence-electron chi connectivity index (χ0n) is 16.8. The molecule has 10 heteroatoms. The molecule has 0 spiro atoms. The fraction of sp³-hybridized carbons (Fsp3) is 0.889. The molecule has 0 radical (unpaired) electrons. The van der Waals surface area contributed by atoms with Crippen LogP contribution >= 0.6 is 0 Å². The lowest BCUT2D eigenvalue weighted by Gasteiger charge is -2.08. The third kappa shape index (κ3) is 20.7. The summed E-state index contributed by atoms with van der Waals surface area (Å²) < 4.78 is 10.1. The first kappa shape index (κ1) is 26.4. The minimum atomic E-state index is -0.197. The Morgan fingerprint density at radius 3 is 1.29 bits per heavy atom. The average Bonchev–Trinajstić information content (AvgIpc) is 2.69. The fourth-order valence-electron chi connectivity index (χ4n) is 2.29. The summed E-state index contributed by atoms with van der Waals surface area (Å²) in [6.45, 7) is 3.47. The van der Waals surface area contributed by atoms with Crippen LogP contribution in [0.5, 0.6) is 0 Å². The van der Waals surface area contributed by atoms with E-state index in [1.165, 1.54) is 0 Å². The Hall–Kier alpha value is -1.62. The quantitative estimate of drug-likeness (QED) is 0.166. The van der Waals surface area contributed by atoms with Crippen molar-refractivity contribution < 1.29 is 29.3 Å². The lowest BCUT2D eigenvalue weighted by molar-refractivity contribution is 0.0947. The van der Waals surface area contributed by atoms with E-state index in [1.54, 1.807) is 0 Å². The van der Waals surface area contributed by atoms with Crippen molar-refractivity contribution in [2.75, 3.05) is 65.8 Å². The molecule has 0 fully saturated rings. The summed E-state index contributed by atoms with van der Waals surface area (Å²) in [7, 11) is 0. The fourth-order valence-corrected chi connectivity index (χ4v) is 2.29. The molecule has 0 aromatic carbocycles. The first-order chi connectivity index (χ1) is 13.7. The standard InChI is InChI=1S/C18H38N4O6/c23-11-15-27-13-9-21-17(25)19-7-5-3-1-2-4-6-8-20-18(26)22-10-14-28-16-12-24/h23-24H,1-16H2,(H2,19,21,25)(H2,20,22,26). The number of rotatable bonds is 19. The number of carbonyl (C=O) groups excluding carboxylic acids is 2. The Kier molecular flexibility index (Phi) is 20.4. The largest absolute Gasteiger partial charge is 0.394 e. The van der Waals surface area contributed by atoms with E-state index < -0.39 is 0 Å². The highest BCUT2D eigenvalue weighted by Crippen LogP contribution is 2.04. The molecule has 0 aliphatic rings. The SMILES string of the molecule is O=C(NCCCCCCCCNC(=O)NCCOCCO)NCCOCCO. The monoisotopic (exact) mass is 406 g/mol. The molecule has 10 nitrogen and oxygen atoms in total. The normalized spacial score (nSPS) is 10.5. The van der Waals surface area contributed by atoms with Crippen molar-refractivity contribution in [3.63, 3.8) is 0 Å². The summed E-state index contributed by atoms with van der Waals surface area (Å²) in [5, 5.41) is 28.0. The van der Waals surface area contributed by atoms with Gasteiger partial charge in [0.25, 0.3) is 0 Å². The van der Waals surface area contributed by atoms with Gasteiger partial charge >= 0.3 is 12.1 Å². The molecule has 0 atom stereocenters. The number of urea groups is 2. The van der Waals surface area contributed by atoms with Gasteiger partial charge in [0.1, 0.15) is 0 Å². The molecule has 0 aromatic rings. The van der Waals surface area contributed by atoms with Crippen molar-refractivity contribution in [2.24, 2.45) is 0 Å². The van der Waals surface area contributed by atoms with Crippen LogP contribution < -0.4 is 21.3 Å². The number of aliphatic hydroxyl groups excluding tert-OH is 2. The topological polar surface area (TPSA) is 141 Å². The second-order valence-electron chi connectivity index (χ2n) is 6.16. The average molecular weight is 407 g/mol. The van der Waals surface area contributed by atoms with Crippen molar-refractivity contribution >= 4 is 12.1 Å². The van der Waals surface area contributed by atoms with Crippen LogP contribution in [0.4, 0.5) is 9.59 Å². The maximum Gasteiger partial charge on any atom is 0.314 e. The van der Waals surface area contributed by atoms with Crippen LogP contribution in [0.1, 0.15) is 38.5 Å². The van der Waals surface area contributed by atoms with Crippen LogP contribution in [0.3, 0.4) is 0 Å². The van der Waals surface area contributed by atoms with Crippen LogP contribution in [-0.2, 0) is 9.47 Å². The maximum absolute atomic E-state index is 11.5. The highest BCUT2D eigenvalue weighted by molar-refractivity contribution is 5.74. The Morgan fingerprint density at radius 1 is 0.536 bits per heavy atom. The highest BCUT2D eigenvalue weighted by Gasteiger charge is 2.00. The second kappa shape index (κ2) is 21.7. The minimum Gasteiger partial charge on any atom is -0.394 e. The molecule has 0 aliphatic heterocycles. The Morgan fingerprint density at radius 2 is 0.893 bits per heavy atom. The highest BCUT2D eigenvalue weighted by atomic mass is 16.5. The molecule has 0 aliphatic carbocycles. The summed E-state index contributed by atoms with van der Waals surface area (Å²) >= 11 is 0. The van der Waals surface area contributed by atoms with Crippen molar-refractivity contribution in [2.45, 2.75) is 38.5 Å². The number of hydrogen-bond acceptors (Lipinski definition) is 6. The minimum absolute atomic E-state index is 0.0133. The number of hydrogen-bond donors (Lipinski definition) is 6. The van der Waals surface area contributed by atoms with Crippen LogP contribution in [-0.4, -0.2) is 88.1 Å². The van der Waals surface area contributed by atoms with Gasteiger partial charge in [0.2, 0.25) is 0 Å². The van der Waals surface area contributed by atoms with E-state index in [2.05, 4.69) is 21.3 Å². The van der Waals surface area contributed by atoms with Crippen molar-refractivity contribution in [3.8, 4) is 0 Å². The van der Waals surface area contributed by atoms with Crippen molar-refractivity contribution in [3.05, 3.63) is 0 Å². The Labute approximate surface area is 167 Å². The molecule has 28 heavy (non-hydrogen) atoms. The van der Waals surface area contributed by atoms with Gasteiger partial charge in [0.05, 0.1) is 39.6 Å². The molecule has 0 rings (SSSR count). The van der Waals surface area contributed by atoms with E-state index >= 15 is 0 Å². The van der Waals surface area contributed by atoms with E-state index in [-0.39, 0.29) is 38.5 Å². The molecule has 166 valence electrons. The third-order valence-electron chi connectivity index (χ3n) is 3.71. The molecule has 0 unspecified atom stereocenters. The van der Waals surface area contributed by atoms with E-state index in [0.29, 0.717) is 39.4 Å². The Bertz CT molecular complexity index is 340. The lowest BCUT2D eigenvalue weighted by Crippen LogP contribution is -2.37. The van der Waals surface area contributed by atoms with Gasteiger partial charge in [-0.3, -0.25) is 0 Å². The first-order valence-corrected chi connectivity index (χ1v) is 10.1. The number of amides is 4. The third-order valence-corrected chi connectivity index (χ3v) is 3.71. The molecule has 0 saturated carbocycles. The van der Waals surface area contributed by atoms with Crippen molar-refractivity contribution in [1.29, 1.82) is 0 Å². The van der Waals surface area contributed by atoms with Crippen LogP contribution in [0, 0.1) is 0 Å². The zero-order valence-corrected chi connectivity index (χ0v) is 16.8. The maximum atomic E-state index is 11.5. The molecule has 0 saturated heterocycles. The zero-order chi connectivity index (χ0) is 20.7. The summed E-state index contributed by atoms with van der Waals surface area (Å²) in [4.78, 5) is 22.9. The number of carbonyl (C=O) groups is 2. The number of nitrogens with one attached hydrogen (secondary N) is 4. The first-order valence-electron chi connectivity index (χ1n) is 10.1. The van der Waals surface area contributed by atoms with Crippen LogP contribution in [0.15, 0.2) is 0 Å². The van der Waals surface area contributed by atoms with E-state index in [9.17, 15) is 9.59 Å². The molecule has 4 amide bonds.